The van der Waals surface area contributed by atoms with Gasteiger partial charge in [0.05, 0.1) is 11.0 Å². The number of hydrogen-bond acceptors (Lipinski definition) is 4. The van der Waals surface area contributed by atoms with Crippen molar-refractivity contribution in [3.05, 3.63) is 39.7 Å². The van der Waals surface area contributed by atoms with Crippen LogP contribution >= 0.6 is 0 Å². The highest BCUT2D eigenvalue weighted by Crippen LogP contribution is 2.22. The molecule has 1 atom stereocenters. The summed E-state index contributed by atoms with van der Waals surface area (Å²) >= 11 is 0. The van der Waals surface area contributed by atoms with Crippen molar-refractivity contribution < 1.29 is 9.31 Å². The number of hydrogen-bond donors (Lipinski definition) is 1. The van der Waals surface area contributed by atoms with Gasteiger partial charge in [-0.3, -0.25) is 15.0 Å². The molecule has 19 heavy (non-hydrogen) atoms. The molecule has 1 saturated heterocycles. The number of halogens is 1. The quantitative estimate of drug-likeness (QED) is 0.654. The first kappa shape index (κ1) is 13.9. The smallest absolute Gasteiger partial charge is 0.272 e. The lowest BCUT2D eigenvalue weighted by molar-refractivity contribution is -0.385. The van der Waals surface area contributed by atoms with Crippen LogP contribution < -0.4 is 5.32 Å². The highest BCUT2D eigenvalue weighted by molar-refractivity contribution is 5.35. The summed E-state index contributed by atoms with van der Waals surface area (Å²) in [6.07, 6.45) is 2.22. The normalized spacial score (nSPS) is 19.8. The summed E-state index contributed by atoms with van der Waals surface area (Å²) in [5, 5.41) is 13.9. The fourth-order valence-electron chi connectivity index (χ4n) is 2.63. The molecule has 5 nitrogen and oxygen atoms in total. The van der Waals surface area contributed by atoms with E-state index < -0.39 is 10.7 Å². The molecule has 0 saturated carbocycles. The van der Waals surface area contributed by atoms with E-state index in [1.165, 1.54) is 12.1 Å². The topological polar surface area (TPSA) is 58.4 Å². The fourth-order valence-corrected chi connectivity index (χ4v) is 2.63. The maximum Gasteiger partial charge on any atom is 0.272 e. The number of benzene rings is 1. The molecular weight excluding hydrogens is 249 g/mol. The molecular formula is C13H18FN3O2. The Morgan fingerprint density at radius 3 is 3.00 bits per heavy atom. The second-order valence-electron chi connectivity index (χ2n) is 4.90. The Bertz CT molecular complexity index is 467. The summed E-state index contributed by atoms with van der Waals surface area (Å²) in [4.78, 5) is 12.4. The molecule has 2 rings (SSSR count). The van der Waals surface area contributed by atoms with Crippen molar-refractivity contribution in [1.82, 2.24) is 10.2 Å². The van der Waals surface area contributed by atoms with Crippen molar-refractivity contribution in [1.29, 1.82) is 0 Å². The van der Waals surface area contributed by atoms with E-state index >= 15 is 0 Å². The van der Waals surface area contributed by atoms with Crippen molar-refractivity contribution in [2.45, 2.75) is 25.4 Å². The Labute approximate surface area is 111 Å². The molecule has 1 unspecified atom stereocenters. The third-order valence-corrected chi connectivity index (χ3v) is 3.48. The summed E-state index contributed by atoms with van der Waals surface area (Å²) < 4.78 is 13.4. The number of non-ortho nitro benzene ring substituents is 1. The Morgan fingerprint density at radius 1 is 1.53 bits per heavy atom. The Balaban J connectivity index is 2.12. The molecule has 1 aromatic rings. The molecule has 1 aliphatic heterocycles. The Morgan fingerprint density at radius 2 is 2.32 bits per heavy atom. The number of likely N-dealkylation sites (N-methyl/N-ethyl adjacent to an activating group) is 1. The van der Waals surface area contributed by atoms with E-state index in [0.29, 0.717) is 18.2 Å². The second-order valence-corrected chi connectivity index (χ2v) is 4.90. The maximum atomic E-state index is 13.4. The minimum Gasteiger partial charge on any atom is -0.318 e. The van der Waals surface area contributed by atoms with Gasteiger partial charge in [-0.2, -0.15) is 0 Å². The number of nitro benzene ring substituents is 1. The average molecular weight is 267 g/mol. The van der Waals surface area contributed by atoms with Gasteiger partial charge in [0.15, 0.2) is 0 Å². The van der Waals surface area contributed by atoms with Gasteiger partial charge in [-0.15, -0.1) is 0 Å². The zero-order valence-corrected chi connectivity index (χ0v) is 10.9. The van der Waals surface area contributed by atoms with Crippen LogP contribution in [0.4, 0.5) is 10.1 Å². The molecule has 0 radical (unpaired) electrons. The van der Waals surface area contributed by atoms with E-state index in [9.17, 15) is 14.5 Å². The molecule has 0 spiro atoms. The molecule has 0 bridgehead atoms. The first-order chi connectivity index (χ1) is 9.10. The number of rotatable bonds is 5. The largest absolute Gasteiger partial charge is 0.318 e. The van der Waals surface area contributed by atoms with E-state index in [4.69, 9.17) is 0 Å². The first-order valence-electron chi connectivity index (χ1n) is 6.42. The van der Waals surface area contributed by atoms with Gasteiger partial charge in [0.25, 0.3) is 5.69 Å². The van der Waals surface area contributed by atoms with E-state index in [1.54, 1.807) is 0 Å². The number of nitro groups is 1. The van der Waals surface area contributed by atoms with Crippen molar-refractivity contribution in [3.63, 3.8) is 0 Å². The van der Waals surface area contributed by atoms with Gasteiger partial charge in [-0.1, -0.05) is 0 Å². The molecule has 6 heteroatoms. The van der Waals surface area contributed by atoms with Crippen LogP contribution in [0.1, 0.15) is 18.4 Å². The lowest BCUT2D eigenvalue weighted by Gasteiger charge is -2.24. The van der Waals surface area contributed by atoms with E-state index in [-0.39, 0.29) is 5.69 Å². The summed E-state index contributed by atoms with van der Waals surface area (Å²) in [5.41, 5.74) is 0.481. The SMILES string of the molecule is CNCC1CCCN1Cc1cc(F)cc([N+](=O)[O-])c1. The van der Waals surface area contributed by atoms with E-state index in [2.05, 4.69) is 10.2 Å². The molecule has 1 heterocycles. The number of likely N-dealkylation sites (tertiary alicyclic amines) is 1. The van der Waals surface area contributed by atoms with Crippen molar-refractivity contribution in [3.8, 4) is 0 Å². The van der Waals surface area contributed by atoms with Crippen LogP contribution in [0.2, 0.25) is 0 Å². The lowest BCUT2D eigenvalue weighted by Crippen LogP contribution is -2.36. The minimum atomic E-state index is -0.554. The van der Waals surface area contributed by atoms with Crippen molar-refractivity contribution in [2.75, 3.05) is 20.1 Å². The zero-order valence-electron chi connectivity index (χ0n) is 10.9. The van der Waals surface area contributed by atoms with Crippen LogP contribution in [0.3, 0.4) is 0 Å². The van der Waals surface area contributed by atoms with Gasteiger partial charge >= 0.3 is 0 Å². The lowest BCUT2D eigenvalue weighted by atomic mass is 10.1. The maximum absolute atomic E-state index is 13.4. The van der Waals surface area contributed by atoms with E-state index in [0.717, 1.165) is 32.0 Å². The molecule has 104 valence electrons. The molecule has 0 aromatic heterocycles. The average Bonchev–Trinajstić information content (AvgIpc) is 2.76. The van der Waals surface area contributed by atoms with Crippen molar-refractivity contribution >= 4 is 5.69 Å². The highest BCUT2D eigenvalue weighted by Gasteiger charge is 2.24. The second kappa shape index (κ2) is 6.08. The molecule has 0 amide bonds. The Hall–Kier alpha value is -1.53. The summed E-state index contributed by atoms with van der Waals surface area (Å²) in [7, 11) is 1.91. The first-order valence-corrected chi connectivity index (χ1v) is 6.42. The Kier molecular flexibility index (Phi) is 4.44. The van der Waals surface area contributed by atoms with Gasteiger partial charge < -0.3 is 5.32 Å². The fraction of sp³-hybridized carbons (Fsp3) is 0.538. The molecule has 1 aliphatic rings. The third kappa shape index (κ3) is 3.48. The molecule has 1 fully saturated rings. The predicted molar refractivity (Wildman–Crippen MR) is 70.4 cm³/mol. The summed E-state index contributed by atoms with van der Waals surface area (Å²) in [6, 6.07) is 4.21. The van der Waals surface area contributed by atoms with Crippen molar-refractivity contribution in [2.24, 2.45) is 0 Å². The standard InChI is InChI=1S/C13H18FN3O2/c1-15-8-12-3-2-4-16(12)9-10-5-11(14)7-13(6-10)17(18)19/h5-7,12,15H,2-4,8-9H2,1H3. The zero-order chi connectivity index (χ0) is 13.8. The summed E-state index contributed by atoms with van der Waals surface area (Å²) in [5.74, 6) is -0.548. The minimum absolute atomic E-state index is 0.181. The van der Waals surface area contributed by atoms with Gasteiger partial charge in [-0.05, 0) is 38.1 Å². The number of nitrogens with one attached hydrogen (secondary N) is 1. The van der Waals surface area contributed by atoms with Gasteiger partial charge in [0.2, 0.25) is 0 Å². The summed E-state index contributed by atoms with van der Waals surface area (Å²) in [6.45, 7) is 2.40. The molecule has 1 N–H and O–H groups in total. The van der Waals surface area contributed by atoms with Crippen LogP contribution in [0.25, 0.3) is 0 Å². The van der Waals surface area contributed by atoms with Crippen LogP contribution in [-0.4, -0.2) is 36.0 Å². The van der Waals surface area contributed by atoms with Gasteiger partial charge in [-0.25, -0.2) is 4.39 Å². The van der Waals surface area contributed by atoms with Crippen LogP contribution in [0.5, 0.6) is 0 Å². The third-order valence-electron chi connectivity index (χ3n) is 3.48. The molecule has 0 aliphatic carbocycles. The highest BCUT2D eigenvalue weighted by atomic mass is 19.1. The monoisotopic (exact) mass is 267 g/mol. The van der Waals surface area contributed by atoms with Crippen LogP contribution in [0.15, 0.2) is 18.2 Å². The van der Waals surface area contributed by atoms with Gasteiger partial charge in [0.1, 0.15) is 5.82 Å². The van der Waals surface area contributed by atoms with Gasteiger partial charge in [0, 0.05) is 25.2 Å². The van der Waals surface area contributed by atoms with Crippen LogP contribution in [0, 0.1) is 15.9 Å². The number of nitrogens with zero attached hydrogens (tertiary/aromatic N) is 2. The molecule has 1 aromatic carbocycles. The predicted octanol–water partition coefficient (Wildman–Crippen LogP) is 1.92. The van der Waals surface area contributed by atoms with E-state index in [1.807, 2.05) is 7.05 Å². The van der Waals surface area contributed by atoms with Crippen LogP contribution in [-0.2, 0) is 6.54 Å².